The highest BCUT2D eigenvalue weighted by molar-refractivity contribution is 7.17. The van der Waals surface area contributed by atoms with Gasteiger partial charge in [0.05, 0.1) is 13.2 Å². The molecule has 0 bridgehead atoms. The maximum Gasteiger partial charge on any atom is 0.328 e. The monoisotopic (exact) mass is 409 g/mol. The third-order valence-electron chi connectivity index (χ3n) is 3.73. The maximum absolute atomic E-state index is 9.55. The fourth-order valence-corrected chi connectivity index (χ4v) is 3.10. The fourth-order valence-electron chi connectivity index (χ4n) is 2.33. The first-order valence-electron chi connectivity index (χ1n) is 8.89. The van der Waals surface area contributed by atoms with E-state index in [1.165, 1.54) is 15.6 Å². The molecule has 1 aromatic carbocycles. The molecule has 8 heteroatoms. The van der Waals surface area contributed by atoms with Gasteiger partial charge in [-0.2, -0.15) is 0 Å². The third-order valence-corrected chi connectivity index (χ3v) is 4.63. The van der Waals surface area contributed by atoms with E-state index in [-0.39, 0.29) is 6.61 Å². The lowest BCUT2D eigenvalue weighted by Crippen LogP contribution is -2.24. The van der Waals surface area contributed by atoms with E-state index in [1.807, 2.05) is 7.05 Å². The first-order chi connectivity index (χ1) is 13.4. The second kappa shape index (κ2) is 13.8. The molecule has 1 aromatic heterocycles. The van der Waals surface area contributed by atoms with Gasteiger partial charge in [-0.3, -0.25) is 0 Å². The molecule has 0 saturated carbocycles. The zero-order valence-electron chi connectivity index (χ0n) is 15.9. The molecule has 154 valence electrons. The SMILES string of the molecule is CN(CCO)CCCOCCc1ccc2sccc2c1.O=C(O)/C=C/C(=O)O. The van der Waals surface area contributed by atoms with Gasteiger partial charge in [0.25, 0.3) is 0 Å². The molecule has 28 heavy (non-hydrogen) atoms. The molecule has 0 fully saturated rings. The maximum atomic E-state index is 9.55. The van der Waals surface area contributed by atoms with Crippen LogP contribution in [0.2, 0.25) is 0 Å². The number of aliphatic carboxylic acids is 2. The number of hydrogen-bond donors (Lipinski definition) is 3. The minimum atomic E-state index is -1.26. The van der Waals surface area contributed by atoms with Gasteiger partial charge < -0.3 is 25.0 Å². The first-order valence-corrected chi connectivity index (χ1v) is 9.77. The highest BCUT2D eigenvalue weighted by atomic mass is 32.1. The lowest BCUT2D eigenvalue weighted by molar-refractivity contribution is -0.134. The van der Waals surface area contributed by atoms with Gasteiger partial charge in [0.15, 0.2) is 0 Å². The predicted molar refractivity (Wildman–Crippen MR) is 110 cm³/mol. The van der Waals surface area contributed by atoms with E-state index in [9.17, 15) is 9.59 Å². The molecule has 0 unspecified atom stereocenters. The van der Waals surface area contributed by atoms with Crippen LogP contribution in [0.3, 0.4) is 0 Å². The van der Waals surface area contributed by atoms with E-state index >= 15 is 0 Å². The summed E-state index contributed by atoms with van der Waals surface area (Å²) >= 11 is 1.78. The van der Waals surface area contributed by atoms with Gasteiger partial charge in [0, 0.05) is 36.5 Å². The Balaban J connectivity index is 0.000000416. The van der Waals surface area contributed by atoms with Crippen LogP contribution in [0, 0.1) is 0 Å². The lowest BCUT2D eigenvalue weighted by atomic mass is 10.1. The molecule has 0 amide bonds. The van der Waals surface area contributed by atoms with Crippen molar-refractivity contribution >= 4 is 33.4 Å². The van der Waals surface area contributed by atoms with Gasteiger partial charge in [0.2, 0.25) is 0 Å². The van der Waals surface area contributed by atoms with Crippen LogP contribution in [-0.4, -0.2) is 72.1 Å². The van der Waals surface area contributed by atoms with Crippen LogP contribution < -0.4 is 0 Å². The van der Waals surface area contributed by atoms with Crippen LogP contribution >= 0.6 is 11.3 Å². The summed E-state index contributed by atoms with van der Waals surface area (Å²) in [7, 11) is 2.02. The number of fused-ring (bicyclic) bond motifs is 1. The third kappa shape index (κ3) is 10.8. The number of thiophene rings is 1. The summed E-state index contributed by atoms with van der Waals surface area (Å²) in [4.78, 5) is 21.2. The quantitative estimate of drug-likeness (QED) is 0.387. The van der Waals surface area contributed by atoms with Crippen molar-refractivity contribution < 1.29 is 29.6 Å². The average molecular weight is 410 g/mol. The van der Waals surface area contributed by atoms with Gasteiger partial charge in [-0.1, -0.05) is 12.1 Å². The Bertz CT molecular complexity index is 742. The highest BCUT2D eigenvalue weighted by Gasteiger charge is 1.99. The molecule has 0 spiro atoms. The van der Waals surface area contributed by atoms with Crippen molar-refractivity contribution in [2.75, 3.05) is 40.0 Å². The molecule has 0 saturated heterocycles. The average Bonchev–Trinajstić information content (AvgIpc) is 3.11. The molecule has 3 N–H and O–H groups in total. The summed E-state index contributed by atoms with van der Waals surface area (Å²) in [5.41, 5.74) is 1.34. The van der Waals surface area contributed by atoms with Crippen LogP contribution in [-0.2, 0) is 20.7 Å². The Morgan fingerprint density at radius 2 is 1.82 bits per heavy atom. The standard InChI is InChI=1S/C16H23NO2S.C4H4O4/c1-17(8-9-18)7-2-10-19-11-5-14-3-4-16-15(13-14)6-12-20-16;5-3(6)1-2-4(7)8/h3-4,6,12-13,18H,2,5,7-11H2,1H3;1-2H,(H,5,6)(H,7,8)/b;2-1+. The molecule has 0 aliphatic heterocycles. The topological polar surface area (TPSA) is 107 Å². The number of ether oxygens (including phenoxy) is 1. The Kier molecular flexibility index (Phi) is 11.8. The molecule has 2 aromatic rings. The second-order valence-corrected chi connectivity index (χ2v) is 6.99. The van der Waals surface area contributed by atoms with Crippen molar-refractivity contribution in [1.29, 1.82) is 0 Å². The molecule has 1 heterocycles. The Morgan fingerprint density at radius 1 is 1.11 bits per heavy atom. The van der Waals surface area contributed by atoms with E-state index in [1.54, 1.807) is 11.3 Å². The highest BCUT2D eigenvalue weighted by Crippen LogP contribution is 2.21. The molecule has 0 aliphatic rings. The van der Waals surface area contributed by atoms with Crippen LogP contribution in [0.15, 0.2) is 41.8 Å². The van der Waals surface area contributed by atoms with Crippen molar-refractivity contribution in [3.05, 3.63) is 47.4 Å². The summed E-state index contributed by atoms with van der Waals surface area (Å²) in [6.07, 6.45) is 3.10. The first kappa shape index (κ1) is 23.8. The van der Waals surface area contributed by atoms with Gasteiger partial charge in [-0.05, 0) is 48.4 Å². The number of rotatable bonds is 11. The van der Waals surface area contributed by atoms with Crippen LogP contribution in [0.4, 0.5) is 0 Å². The zero-order valence-corrected chi connectivity index (χ0v) is 16.7. The summed E-state index contributed by atoms with van der Waals surface area (Å²) in [5.74, 6) is -2.51. The summed E-state index contributed by atoms with van der Waals surface area (Å²) in [5, 5.41) is 27.9. The summed E-state index contributed by atoms with van der Waals surface area (Å²) in [6, 6.07) is 8.81. The molecule has 7 nitrogen and oxygen atoms in total. The Morgan fingerprint density at radius 3 is 2.46 bits per heavy atom. The number of hydrogen-bond acceptors (Lipinski definition) is 6. The largest absolute Gasteiger partial charge is 0.478 e. The number of carboxylic acids is 2. The van der Waals surface area contributed by atoms with Gasteiger partial charge in [-0.15, -0.1) is 11.3 Å². The normalized spacial score (nSPS) is 11.0. The minimum absolute atomic E-state index is 0.225. The van der Waals surface area contributed by atoms with Gasteiger partial charge in [0.1, 0.15) is 0 Å². The molecule has 0 aliphatic carbocycles. The van der Waals surface area contributed by atoms with Crippen molar-refractivity contribution in [2.24, 2.45) is 0 Å². The fraction of sp³-hybridized carbons (Fsp3) is 0.400. The number of benzene rings is 1. The number of aliphatic hydroxyl groups is 1. The van der Waals surface area contributed by atoms with Crippen LogP contribution in [0.5, 0.6) is 0 Å². The number of carbonyl (C=O) groups is 2. The van der Waals surface area contributed by atoms with Crippen molar-refractivity contribution in [2.45, 2.75) is 12.8 Å². The van der Waals surface area contributed by atoms with Crippen molar-refractivity contribution in [3.63, 3.8) is 0 Å². The molecule has 2 rings (SSSR count). The van der Waals surface area contributed by atoms with Crippen LogP contribution in [0.25, 0.3) is 10.1 Å². The molecule has 0 radical (unpaired) electrons. The number of nitrogens with zero attached hydrogens (tertiary/aromatic N) is 1. The smallest absolute Gasteiger partial charge is 0.328 e. The number of carboxylic acid groups (broad SMARTS) is 2. The van der Waals surface area contributed by atoms with Crippen molar-refractivity contribution in [1.82, 2.24) is 4.90 Å². The Hall–Kier alpha value is -2.26. The van der Waals surface area contributed by atoms with E-state index in [0.29, 0.717) is 12.2 Å². The molecule has 0 atom stereocenters. The van der Waals surface area contributed by atoms with Crippen LogP contribution in [0.1, 0.15) is 12.0 Å². The number of likely N-dealkylation sites (N-methyl/N-ethyl adjacent to an activating group) is 1. The van der Waals surface area contributed by atoms with E-state index < -0.39 is 11.9 Å². The summed E-state index contributed by atoms with van der Waals surface area (Å²) in [6.45, 7) is 3.50. The van der Waals surface area contributed by atoms with Gasteiger partial charge in [-0.25, -0.2) is 9.59 Å². The van der Waals surface area contributed by atoms with E-state index in [4.69, 9.17) is 20.1 Å². The second-order valence-electron chi connectivity index (χ2n) is 6.05. The van der Waals surface area contributed by atoms with E-state index in [2.05, 4.69) is 34.5 Å². The Labute approximate surface area is 168 Å². The number of aliphatic hydroxyl groups excluding tert-OH is 1. The predicted octanol–water partition coefficient (Wildman–Crippen LogP) is 2.49. The zero-order chi connectivity index (χ0) is 20.8. The van der Waals surface area contributed by atoms with Crippen molar-refractivity contribution in [3.8, 4) is 0 Å². The molecular formula is C20H27NO6S. The minimum Gasteiger partial charge on any atom is -0.478 e. The van der Waals surface area contributed by atoms with E-state index in [0.717, 1.165) is 39.1 Å². The van der Waals surface area contributed by atoms with Gasteiger partial charge >= 0.3 is 11.9 Å². The molecular weight excluding hydrogens is 382 g/mol. The summed E-state index contributed by atoms with van der Waals surface area (Å²) < 4.78 is 7.02. The lowest BCUT2D eigenvalue weighted by Gasteiger charge is -2.14.